The van der Waals surface area contributed by atoms with Crippen LogP contribution in [0.3, 0.4) is 0 Å². The van der Waals surface area contributed by atoms with Crippen LogP contribution < -0.4 is 0 Å². The summed E-state index contributed by atoms with van der Waals surface area (Å²) in [4.78, 5) is 6.61. The monoisotopic (exact) mass is 279 g/mol. The number of nitrogens with zero attached hydrogens (tertiary/aromatic N) is 3. The van der Waals surface area contributed by atoms with Crippen molar-refractivity contribution in [2.75, 3.05) is 13.1 Å². The number of para-hydroxylation sites is 2. The molecule has 1 saturated heterocycles. The molecule has 2 aromatic rings. The van der Waals surface area contributed by atoms with Crippen LogP contribution in [0.25, 0.3) is 11.0 Å². The van der Waals surface area contributed by atoms with E-state index in [4.69, 9.17) is 0 Å². The second kappa shape index (κ2) is 5.48. The first-order chi connectivity index (χ1) is 9.65. The van der Waals surface area contributed by atoms with Gasteiger partial charge in [0, 0.05) is 0 Å². The fourth-order valence-corrected chi connectivity index (χ4v) is 2.84. The van der Waals surface area contributed by atoms with Crippen LogP contribution in [0.1, 0.15) is 32.1 Å². The maximum atomic E-state index is 13.3. The zero-order valence-corrected chi connectivity index (χ0v) is 11.6. The Labute approximate surface area is 117 Å². The van der Waals surface area contributed by atoms with Gasteiger partial charge in [0.15, 0.2) is 0 Å². The van der Waals surface area contributed by atoms with Crippen LogP contribution in [0.5, 0.6) is 0 Å². The number of halogens is 2. The van der Waals surface area contributed by atoms with E-state index in [2.05, 4.69) is 16.8 Å². The van der Waals surface area contributed by atoms with Gasteiger partial charge in [0.25, 0.3) is 0 Å². The maximum Gasteiger partial charge on any atom is 0.320 e. The zero-order chi connectivity index (χ0) is 14.1. The molecule has 1 aliphatic rings. The highest BCUT2D eigenvalue weighted by Gasteiger charge is 2.21. The van der Waals surface area contributed by atoms with Gasteiger partial charge in [0.05, 0.1) is 17.6 Å². The van der Waals surface area contributed by atoms with Crippen molar-refractivity contribution in [1.82, 2.24) is 14.5 Å². The largest absolute Gasteiger partial charge is 0.320 e. The second-order valence-electron chi connectivity index (χ2n) is 5.62. The average molecular weight is 279 g/mol. The summed E-state index contributed by atoms with van der Waals surface area (Å²) < 4.78 is 27.7. The number of piperidine rings is 1. The van der Waals surface area contributed by atoms with Gasteiger partial charge in [0.1, 0.15) is 5.82 Å². The van der Waals surface area contributed by atoms with Crippen LogP contribution in [-0.4, -0.2) is 27.5 Å². The van der Waals surface area contributed by atoms with E-state index in [1.807, 2.05) is 6.07 Å². The van der Waals surface area contributed by atoms with Crippen molar-refractivity contribution in [3.63, 3.8) is 0 Å². The first-order valence-corrected chi connectivity index (χ1v) is 7.11. The summed E-state index contributed by atoms with van der Waals surface area (Å²) in [5, 5.41) is 0. The Bertz CT molecular complexity index is 586. The van der Waals surface area contributed by atoms with Crippen molar-refractivity contribution >= 4 is 11.0 Å². The van der Waals surface area contributed by atoms with E-state index in [-0.39, 0.29) is 0 Å². The number of imidazole rings is 1. The highest BCUT2D eigenvalue weighted by molar-refractivity contribution is 5.75. The molecular weight excluding hydrogens is 260 g/mol. The Kier molecular flexibility index (Phi) is 3.70. The Morgan fingerprint density at radius 3 is 2.65 bits per heavy atom. The third kappa shape index (κ3) is 2.54. The van der Waals surface area contributed by atoms with E-state index in [1.165, 1.54) is 0 Å². The van der Waals surface area contributed by atoms with Crippen LogP contribution in [0, 0.1) is 5.92 Å². The molecule has 5 heteroatoms. The van der Waals surface area contributed by atoms with Gasteiger partial charge in [-0.15, -0.1) is 0 Å². The van der Waals surface area contributed by atoms with Crippen molar-refractivity contribution < 1.29 is 8.78 Å². The predicted octanol–water partition coefficient (Wildman–Crippen LogP) is 3.66. The van der Waals surface area contributed by atoms with Crippen LogP contribution in [0.2, 0.25) is 0 Å². The summed E-state index contributed by atoms with van der Waals surface area (Å²) in [6, 6.07) is 7.10. The van der Waals surface area contributed by atoms with E-state index in [0.717, 1.165) is 36.4 Å². The van der Waals surface area contributed by atoms with Crippen molar-refractivity contribution in [2.45, 2.75) is 32.9 Å². The lowest BCUT2D eigenvalue weighted by Crippen LogP contribution is -2.33. The normalized spacial score (nSPS) is 18.2. The van der Waals surface area contributed by atoms with E-state index >= 15 is 0 Å². The molecule has 20 heavy (non-hydrogen) atoms. The quantitative estimate of drug-likeness (QED) is 0.855. The molecule has 0 radical (unpaired) electrons. The molecular formula is C15H19F2N3. The number of rotatable bonds is 3. The van der Waals surface area contributed by atoms with Crippen molar-refractivity contribution in [1.29, 1.82) is 0 Å². The number of alkyl halides is 2. The number of benzene rings is 1. The molecule has 0 amide bonds. The third-order valence-electron chi connectivity index (χ3n) is 4.11. The predicted molar refractivity (Wildman–Crippen MR) is 74.7 cm³/mol. The van der Waals surface area contributed by atoms with Gasteiger partial charge in [-0.3, -0.25) is 9.47 Å². The molecule has 1 aliphatic heterocycles. The van der Waals surface area contributed by atoms with Gasteiger partial charge in [-0.1, -0.05) is 19.1 Å². The minimum atomic E-state index is -2.54. The molecule has 0 saturated carbocycles. The second-order valence-corrected chi connectivity index (χ2v) is 5.62. The van der Waals surface area contributed by atoms with Gasteiger partial charge in [-0.2, -0.15) is 8.78 Å². The molecule has 3 nitrogen and oxygen atoms in total. The Hall–Kier alpha value is -1.49. The highest BCUT2D eigenvalue weighted by Crippen LogP contribution is 2.25. The van der Waals surface area contributed by atoms with Crippen LogP contribution in [0.15, 0.2) is 24.3 Å². The van der Waals surface area contributed by atoms with Crippen molar-refractivity contribution in [3.8, 4) is 0 Å². The lowest BCUT2D eigenvalue weighted by atomic mass is 9.99. The molecule has 108 valence electrons. The summed E-state index contributed by atoms with van der Waals surface area (Å²) in [5.41, 5.74) is 1.16. The summed E-state index contributed by atoms with van der Waals surface area (Å²) in [6.07, 6.45) is 2.27. The summed E-state index contributed by atoms with van der Waals surface area (Å²) >= 11 is 0. The molecule has 1 aromatic heterocycles. The minimum Gasteiger partial charge on any atom is -0.296 e. The zero-order valence-electron chi connectivity index (χ0n) is 11.6. The molecule has 0 aliphatic carbocycles. The molecule has 0 N–H and O–H groups in total. The number of likely N-dealkylation sites (tertiary alicyclic amines) is 1. The van der Waals surface area contributed by atoms with Crippen LogP contribution in [-0.2, 0) is 6.54 Å². The summed E-state index contributed by atoms with van der Waals surface area (Å²) in [5.74, 6) is 1.20. The van der Waals surface area contributed by atoms with Crippen molar-refractivity contribution in [3.05, 3.63) is 30.1 Å². The Balaban J connectivity index is 1.88. The molecule has 0 atom stereocenters. The SMILES string of the molecule is CC1CCN(Cc2nc3ccccc3n2C(F)F)CC1. The highest BCUT2D eigenvalue weighted by atomic mass is 19.3. The van der Waals surface area contributed by atoms with E-state index in [1.54, 1.807) is 18.2 Å². The number of fused-ring (bicyclic) bond motifs is 1. The maximum absolute atomic E-state index is 13.3. The third-order valence-corrected chi connectivity index (χ3v) is 4.11. The minimum absolute atomic E-state index is 0.468. The molecule has 0 spiro atoms. The fourth-order valence-electron chi connectivity index (χ4n) is 2.84. The van der Waals surface area contributed by atoms with Crippen LogP contribution >= 0.6 is 0 Å². The van der Waals surface area contributed by atoms with E-state index in [9.17, 15) is 8.78 Å². The summed E-state index contributed by atoms with van der Waals surface area (Å²) in [6.45, 7) is 2.14. The standard InChI is InChI=1S/C15H19F2N3/c1-11-6-8-19(9-7-11)10-14-18-12-4-2-3-5-13(12)20(14)15(16)17/h2-5,11,15H,6-10H2,1H3. The first-order valence-electron chi connectivity index (χ1n) is 7.11. The van der Waals surface area contributed by atoms with E-state index < -0.39 is 6.55 Å². The fraction of sp³-hybridized carbons (Fsp3) is 0.533. The number of hydrogen-bond donors (Lipinski definition) is 0. The molecule has 1 fully saturated rings. The van der Waals surface area contributed by atoms with Gasteiger partial charge in [-0.05, 0) is 44.0 Å². The average Bonchev–Trinajstić information content (AvgIpc) is 2.79. The van der Waals surface area contributed by atoms with Crippen LogP contribution in [0.4, 0.5) is 8.78 Å². The molecule has 0 unspecified atom stereocenters. The Morgan fingerprint density at radius 1 is 1.25 bits per heavy atom. The van der Waals surface area contributed by atoms with Gasteiger partial charge in [0.2, 0.25) is 0 Å². The lowest BCUT2D eigenvalue weighted by molar-refractivity contribution is 0.0669. The molecule has 2 heterocycles. The first kappa shape index (κ1) is 13.5. The van der Waals surface area contributed by atoms with Gasteiger partial charge in [-0.25, -0.2) is 4.98 Å². The molecule has 1 aromatic carbocycles. The Morgan fingerprint density at radius 2 is 1.95 bits per heavy atom. The lowest BCUT2D eigenvalue weighted by Gasteiger charge is -2.29. The molecule has 0 bridgehead atoms. The topological polar surface area (TPSA) is 21.1 Å². The van der Waals surface area contributed by atoms with E-state index in [0.29, 0.717) is 23.4 Å². The van der Waals surface area contributed by atoms with Gasteiger partial charge >= 0.3 is 6.55 Å². The van der Waals surface area contributed by atoms with Gasteiger partial charge < -0.3 is 0 Å². The smallest absolute Gasteiger partial charge is 0.296 e. The summed E-state index contributed by atoms with van der Waals surface area (Å²) in [7, 11) is 0. The molecule has 3 rings (SSSR count). The number of aromatic nitrogens is 2. The number of hydrogen-bond acceptors (Lipinski definition) is 2. The van der Waals surface area contributed by atoms with Crippen molar-refractivity contribution in [2.24, 2.45) is 5.92 Å².